The summed E-state index contributed by atoms with van der Waals surface area (Å²) in [5.41, 5.74) is 0.306. The van der Waals surface area contributed by atoms with Crippen LogP contribution in [0.25, 0.3) is 0 Å². The Morgan fingerprint density at radius 2 is 2.04 bits per heavy atom. The first kappa shape index (κ1) is 16.1. The number of likely N-dealkylation sites (tertiary alicyclic amines) is 1. The quantitative estimate of drug-likeness (QED) is 0.615. The number of hydrogen-bond acceptors (Lipinski definition) is 5. The molecule has 25 heavy (non-hydrogen) atoms. The standard InChI is InChI=1S/C19H21NO5/c1-11(12-4-6-13(23-2)7-5-12)20-10-19-9-8-14(25-19)15(18(22)24-3)16(19)17(20)21/h4-9,11,14-16H,10H2,1-3H3/t11?,14-,15?,16+,19-/m1/s1. The van der Waals surface area contributed by atoms with Crippen LogP contribution in [0.5, 0.6) is 5.75 Å². The minimum atomic E-state index is -0.707. The lowest BCUT2D eigenvalue weighted by atomic mass is 9.77. The van der Waals surface area contributed by atoms with Crippen LogP contribution in [0, 0.1) is 11.8 Å². The van der Waals surface area contributed by atoms with Crippen molar-refractivity contribution >= 4 is 11.9 Å². The zero-order valence-electron chi connectivity index (χ0n) is 14.5. The summed E-state index contributed by atoms with van der Waals surface area (Å²) in [6, 6.07) is 7.55. The SMILES string of the molecule is COC(=O)C1[C@H]2C(=O)N(C(C)c3ccc(OC)cc3)C[C@]23C=C[C@H]1O3. The zero-order valence-corrected chi connectivity index (χ0v) is 14.5. The predicted molar refractivity (Wildman–Crippen MR) is 88.9 cm³/mol. The van der Waals surface area contributed by atoms with Gasteiger partial charge in [0.25, 0.3) is 0 Å². The molecule has 0 aliphatic carbocycles. The van der Waals surface area contributed by atoms with E-state index >= 15 is 0 Å². The highest BCUT2D eigenvalue weighted by molar-refractivity contribution is 5.91. The lowest BCUT2D eigenvalue weighted by Crippen LogP contribution is -2.39. The zero-order chi connectivity index (χ0) is 17.8. The van der Waals surface area contributed by atoms with Gasteiger partial charge in [0.05, 0.1) is 38.8 Å². The van der Waals surface area contributed by atoms with Crippen LogP contribution in [-0.2, 0) is 19.1 Å². The Morgan fingerprint density at radius 1 is 1.32 bits per heavy atom. The van der Waals surface area contributed by atoms with E-state index in [2.05, 4.69) is 0 Å². The van der Waals surface area contributed by atoms with Gasteiger partial charge in [0.15, 0.2) is 0 Å². The largest absolute Gasteiger partial charge is 0.497 e. The number of amides is 1. The van der Waals surface area contributed by atoms with Gasteiger partial charge >= 0.3 is 5.97 Å². The third-order valence-corrected chi connectivity index (χ3v) is 5.67. The Kier molecular flexibility index (Phi) is 3.61. The fraction of sp³-hybridized carbons (Fsp3) is 0.474. The Bertz CT molecular complexity index is 743. The van der Waals surface area contributed by atoms with Gasteiger partial charge in [0.2, 0.25) is 5.91 Å². The second-order valence-electron chi connectivity index (χ2n) is 6.84. The number of nitrogens with zero attached hydrogens (tertiary/aromatic N) is 1. The summed E-state index contributed by atoms with van der Waals surface area (Å²) in [6.45, 7) is 2.44. The van der Waals surface area contributed by atoms with Gasteiger partial charge in [-0.3, -0.25) is 9.59 Å². The van der Waals surface area contributed by atoms with Crippen LogP contribution in [-0.4, -0.2) is 49.2 Å². The van der Waals surface area contributed by atoms with E-state index in [9.17, 15) is 9.59 Å². The van der Waals surface area contributed by atoms with Gasteiger partial charge in [-0.15, -0.1) is 0 Å². The topological polar surface area (TPSA) is 65.1 Å². The molecule has 1 aromatic rings. The van der Waals surface area contributed by atoms with Gasteiger partial charge in [0, 0.05) is 0 Å². The van der Waals surface area contributed by atoms with Crippen molar-refractivity contribution < 1.29 is 23.8 Å². The molecule has 4 rings (SSSR count). The Morgan fingerprint density at radius 3 is 2.68 bits per heavy atom. The Balaban J connectivity index is 1.62. The van der Waals surface area contributed by atoms with Gasteiger partial charge in [0.1, 0.15) is 17.3 Å². The van der Waals surface area contributed by atoms with Gasteiger partial charge in [-0.2, -0.15) is 0 Å². The van der Waals surface area contributed by atoms with Gasteiger partial charge < -0.3 is 19.1 Å². The van der Waals surface area contributed by atoms with E-state index in [1.54, 1.807) is 12.0 Å². The maximum absolute atomic E-state index is 13.1. The van der Waals surface area contributed by atoms with E-state index in [1.165, 1.54) is 7.11 Å². The summed E-state index contributed by atoms with van der Waals surface area (Å²) < 4.78 is 16.1. The average molecular weight is 343 g/mol. The first-order valence-electron chi connectivity index (χ1n) is 8.40. The number of methoxy groups -OCH3 is 2. The molecule has 2 fully saturated rings. The molecule has 132 valence electrons. The predicted octanol–water partition coefficient (Wildman–Crippen LogP) is 1.71. The molecule has 1 spiro atoms. The van der Waals surface area contributed by atoms with Crippen LogP contribution < -0.4 is 4.74 Å². The number of benzene rings is 1. The number of ether oxygens (including phenoxy) is 3. The van der Waals surface area contributed by atoms with Crippen molar-refractivity contribution in [3.63, 3.8) is 0 Å². The van der Waals surface area contributed by atoms with Crippen molar-refractivity contribution in [1.82, 2.24) is 4.90 Å². The van der Waals surface area contributed by atoms with Crippen molar-refractivity contribution in [2.24, 2.45) is 11.8 Å². The van der Waals surface area contributed by atoms with Crippen molar-refractivity contribution in [1.29, 1.82) is 0 Å². The van der Waals surface area contributed by atoms with E-state index in [-0.39, 0.29) is 24.0 Å². The lowest BCUT2D eigenvalue weighted by Gasteiger charge is -2.27. The van der Waals surface area contributed by atoms with E-state index in [4.69, 9.17) is 14.2 Å². The minimum absolute atomic E-state index is 0.0504. The highest BCUT2D eigenvalue weighted by Crippen LogP contribution is 2.53. The number of carbonyl (C=O) groups excluding carboxylic acids is 2. The molecule has 0 N–H and O–H groups in total. The molecule has 1 amide bonds. The highest BCUT2D eigenvalue weighted by atomic mass is 16.5. The molecule has 6 nitrogen and oxygen atoms in total. The molecule has 0 saturated carbocycles. The number of carbonyl (C=O) groups is 2. The van der Waals surface area contributed by atoms with Crippen LogP contribution >= 0.6 is 0 Å². The second kappa shape index (κ2) is 5.59. The van der Waals surface area contributed by atoms with Crippen LogP contribution in [0.3, 0.4) is 0 Å². The summed E-state index contributed by atoms with van der Waals surface area (Å²) in [6.07, 6.45) is 3.47. The molecule has 3 aliphatic rings. The third kappa shape index (κ3) is 2.20. The highest BCUT2D eigenvalue weighted by Gasteiger charge is 2.67. The summed E-state index contributed by atoms with van der Waals surface area (Å²) in [5, 5.41) is 0. The molecule has 2 unspecified atom stereocenters. The fourth-order valence-electron chi connectivity index (χ4n) is 4.32. The van der Waals surface area contributed by atoms with Crippen molar-refractivity contribution in [3.05, 3.63) is 42.0 Å². The summed E-state index contributed by atoms with van der Waals surface area (Å²) in [4.78, 5) is 27.1. The molecular formula is C19H21NO5. The van der Waals surface area contributed by atoms with E-state index in [0.717, 1.165) is 11.3 Å². The molecule has 6 heteroatoms. The van der Waals surface area contributed by atoms with Gasteiger partial charge in [-0.05, 0) is 24.6 Å². The Labute approximate surface area is 146 Å². The maximum atomic E-state index is 13.1. The van der Waals surface area contributed by atoms with Crippen LogP contribution in [0.1, 0.15) is 18.5 Å². The number of fused-ring (bicyclic) bond motifs is 1. The molecule has 2 saturated heterocycles. The fourth-order valence-corrected chi connectivity index (χ4v) is 4.32. The number of rotatable bonds is 4. The summed E-state index contributed by atoms with van der Waals surface area (Å²) in [7, 11) is 2.97. The van der Waals surface area contributed by atoms with Crippen LogP contribution in [0.15, 0.2) is 36.4 Å². The van der Waals surface area contributed by atoms with Crippen LogP contribution in [0.4, 0.5) is 0 Å². The lowest BCUT2D eigenvalue weighted by molar-refractivity contribution is -0.151. The molecule has 3 heterocycles. The normalized spacial score (nSPS) is 33.5. The Hall–Kier alpha value is -2.34. The number of esters is 1. The molecule has 1 aromatic carbocycles. The molecular weight excluding hydrogens is 322 g/mol. The molecule has 2 bridgehead atoms. The molecule has 0 radical (unpaired) electrons. The smallest absolute Gasteiger partial charge is 0.312 e. The maximum Gasteiger partial charge on any atom is 0.312 e. The second-order valence-corrected chi connectivity index (χ2v) is 6.84. The third-order valence-electron chi connectivity index (χ3n) is 5.67. The molecule has 3 aliphatic heterocycles. The minimum Gasteiger partial charge on any atom is -0.497 e. The average Bonchev–Trinajstić information content (AvgIpc) is 3.29. The molecule has 0 aromatic heterocycles. The van der Waals surface area contributed by atoms with Gasteiger partial charge in [-0.1, -0.05) is 24.3 Å². The molecule has 5 atom stereocenters. The summed E-state index contributed by atoms with van der Waals surface area (Å²) >= 11 is 0. The number of hydrogen-bond donors (Lipinski definition) is 0. The van der Waals surface area contributed by atoms with E-state index in [1.807, 2.05) is 43.3 Å². The van der Waals surface area contributed by atoms with E-state index in [0.29, 0.717) is 6.54 Å². The monoisotopic (exact) mass is 343 g/mol. The van der Waals surface area contributed by atoms with Crippen molar-refractivity contribution in [3.8, 4) is 5.75 Å². The first-order chi connectivity index (χ1) is 12.0. The van der Waals surface area contributed by atoms with Gasteiger partial charge in [-0.25, -0.2) is 0 Å². The van der Waals surface area contributed by atoms with Crippen molar-refractivity contribution in [2.75, 3.05) is 20.8 Å². The van der Waals surface area contributed by atoms with E-state index < -0.39 is 17.4 Å². The van der Waals surface area contributed by atoms with Crippen LogP contribution in [0.2, 0.25) is 0 Å². The van der Waals surface area contributed by atoms with Crippen molar-refractivity contribution in [2.45, 2.75) is 24.7 Å². The summed E-state index contributed by atoms with van der Waals surface area (Å²) in [5.74, 6) is -0.722. The first-order valence-corrected chi connectivity index (χ1v) is 8.40.